The van der Waals surface area contributed by atoms with Crippen LogP contribution in [0.3, 0.4) is 0 Å². The molecular weight excluding hydrogens is 252 g/mol. The lowest BCUT2D eigenvalue weighted by Crippen LogP contribution is -2.13. The standard InChI is InChI=1S/C15H18N4O/c1-3-6-18-14-5-4-12(7-11(14)2)15(20)19-13-8-16-10-17-9-13/h4-5,7-10,18H,3,6H2,1-2H3,(H,19,20). The van der Waals surface area contributed by atoms with E-state index in [2.05, 4.69) is 27.5 Å². The van der Waals surface area contributed by atoms with Crippen LogP contribution in [-0.2, 0) is 0 Å². The topological polar surface area (TPSA) is 66.9 Å². The number of hydrogen-bond donors (Lipinski definition) is 2. The van der Waals surface area contributed by atoms with Crippen LogP contribution in [0.15, 0.2) is 36.9 Å². The number of nitrogens with zero attached hydrogens (tertiary/aromatic N) is 2. The molecule has 0 aliphatic heterocycles. The maximum atomic E-state index is 12.1. The number of carbonyl (C=O) groups excluding carboxylic acids is 1. The van der Waals surface area contributed by atoms with Crippen LogP contribution in [0.5, 0.6) is 0 Å². The average Bonchev–Trinajstić information content (AvgIpc) is 2.47. The predicted molar refractivity (Wildman–Crippen MR) is 79.9 cm³/mol. The highest BCUT2D eigenvalue weighted by atomic mass is 16.1. The van der Waals surface area contributed by atoms with Crippen LogP contribution >= 0.6 is 0 Å². The Morgan fingerprint density at radius 1 is 1.25 bits per heavy atom. The Hall–Kier alpha value is -2.43. The number of hydrogen-bond acceptors (Lipinski definition) is 4. The third kappa shape index (κ3) is 3.54. The van der Waals surface area contributed by atoms with Gasteiger partial charge in [-0.25, -0.2) is 9.97 Å². The first-order chi connectivity index (χ1) is 9.70. The molecule has 2 aromatic rings. The lowest BCUT2D eigenvalue weighted by atomic mass is 10.1. The van der Waals surface area contributed by atoms with E-state index < -0.39 is 0 Å². The predicted octanol–water partition coefficient (Wildman–Crippen LogP) is 2.86. The van der Waals surface area contributed by atoms with Gasteiger partial charge in [-0.1, -0.05) is 6.92 Å². The van der Waals surface area contributed by atoms with Crippen molar-refractivity contribution in [1.82, 2.24) is 9.97 Å². The summed E-state index contributed by atoms with van der Waals surface area (Å²) in [7, 11) is 0. The first-order valence-corrected chi connectivity index (χ1v) is 6.61. The summed E-state index contributed by atoms with van der Waals surface area (Å²) >= 11 is 0. The van der Waals surface area contributed by atoms with Crippen molar-refractivity contribution in [2.45, 2.75) is 20.3 Å². The smallest absolute Gasteiger partial charge is 0.255 e. The monoisotopic (exact) mass is 270 g/mol. The van der Waals surface area contributed by atoms with E-state index in [1.165, 1.54) is 6.33 Å². The molecule has 20 heavy (non-hydrogen) atoms. The Morgan fingerprint density at radius 3 is 2.65 bits per heavy atom. The number of aryl methyl sites for hydroxylation is 1. The van der Waals surface area contributed by atoms with Gasteiger partial charge in [-0.05, 0) is 37.1 Å². The molecule has 1 aromatic carbocycles. The van der Waals surface area contributed by atoms with Crippen molar-refractivity contribution < 1.29 is 4.79 Å². The van der Waals surface area contributed by atoms with E-state index in [4.69, 9.17) is 0 Å². The second-order valence-electron chi connectivity index (χ2n) is 4.54. The largest absolute Gasteiger partial charge is 0.385 e. The normalized spacial score (nSPS) is 10.1. The molecule has 1 heterocycles. The second kappa shape index (κ2) is 6.65. The highest BCUT2D eigenvalue weighted by Gasteiger charge is 2.08. The van der Waals surface area contributed by atoms with Gasteiger partial charge in [0, 0.05) is 17.8 Å². The van der Waals surface area contributed by atoms with Gasteiger partial charge in [-0.3, -0.25) is 4.79 Å². The van der Waals surface area contributed by atoms with E-state index in [1.54, 1.807) is 12.4 Å². The molecule has 0 radical (unpaired) electrons. The van der Waals surface area contributed by atoms with Crippen LogP contribution < -0.4 is 10.6 Å². The highest BCUT2D eigenvalue weighted by Crippen LogP contribution is 2.17. The summed E-state index contributed by atoms with van der Waals surface area (Å²) in [5.74, 6) is -0.162. The quantitative estimate of drug-likeness (QED) is 0.876. The highest BCUT2D eigenvalue weighted by molar-refractivity contribution is 6.04. The van der Waals surface area contributed by atoms with E-state index >= 15 is 0 Å². The Morgan fingerprint density at radius 2 is 2.00 bits per heavy atom. The zero-order chi connectivity index (χ0) is 14.4. The maximum Gasteiger partial charge on any atom is 0.255 e. The third-order valence-electron chi connectivity index (χ3n) is 2.87. The van der Waals surface area contributed by atoms with Crippen molar-refractivity contribution in [1.29, 1.82) is 0 Å². The first kappa shape index (κ1) is 14.0. The zero-order valence-electron chi connectivity index (χ0n) is 11.7. The molecule has 104 valence electrons. The van der Waals surface area contributed by atoms with E-state index in [0.717, 1.165) is 24.2 Å². The summed E-state index contributed by atoms with van der Waals surface area (Å²) in [6.07, 6.45) is 5.62. The molecule has 0 fully saturated rings. The van der Waals surface area contributed by atoms with Crippen LogP contribution in [0.4, 0.5) is 11.4 Å². The molecule has 0 saturated heterocycles. The van der Waals surface area contributed by atoms with Crippen molar-refractivity contribution in [2.75, 3.05) is 17.2 Å². The van der Waals surface area contributed by atoms with Crippen LogP contribution in [0.25, 0.3) is 0 Å². The lowest BCUT2D eigenvalue weighted by Gasteiger charge is -2.10. The molecule has 2 rings (SSSR count). The van der Waals surface area contributed by atoms with Gasteiger partial charge >= 0.3 is 0 Å². The second-order valence-corrected chi connectivity index (χ2v) is 4.54. The fourth-order valence-corrected chi connectivity index (χ4v) is 1.83. The molecule has 5 heteroatoms. The summed E-state index contributed by atoms with van der Waals surface area (Å²) < 4.78 is 0. The van der Waals surface area contributed by atoms with E-state index in [1.807, 2.05) is 25.1 Å². The SMILES string of the molecule is CCCNc1ccc(C(=O)Nc2cncnc2)cc1C. The summed E-state index contributed by atoms with van der Waals surface area (Å²) in [5.41, 5.74) is 3.32. The molecule has 0 spiro atoms. The van der Waals surface area contributed by atoms with Crippen LogP contribution in [-0.4, -0.2) is 22.4 Å². The van der Waals surface area contributed by atoms with Crippen molar-refractivity contribution in [2.24, 2.45) is 0 Å². The van der Waals surface area contributed by atoms with E-state index in [0.29, 0.717) is 11.3 Å². The Bertz CT molecular complexity index is 584. The molecule has 0 aliphatic carbocycles. The van der Waals surface area contributed by atoms with Crippen molar-refractivity contribution in [3.8, 4) is 0 Å². The molecular formula is C15H18N4O. The van der Waals surface area contributed by atoms with Gasteiger partial charge in [0.2, 0.25) is 0 Å². The number of carbonyl (C=O) groups is 1. The fraction of sp³-hybridized carbons (Fsp3) is 0.267. The minimum atomic E-state index is -0.162. The average molecular weight is 270 g/mol. The van der Waals surface area contributed by atoms with E-state index in [-0.39, 0.29) is 5.91 Å². The minimum Gasteiger partial charge on any atom is -0.385 e. The molecule has 0 saturated carbocycles. The number of rotatable bonds is 5. The lowest BCUT2D eigenvalue weighted by molar-refractivity contribution is 0.102. The van der Waals surface area contributed by atoms with Crippen molar-refractivity contribution >= 4 is 17.3 Å². The molecule has 0 unspecified atom stereocenters. The summed E-state index contributed by atoms with van der Waals surface area (Å²) in [5, 5.41) is 6.09. The van der Waals surface area contributed by atoms with E-state index in [9.17, 15) is 4.79 Å². The molecule has 0 bridgehead atoms. The van der Waals surface area contributed by atoms with Gasteiger partial charge in [-0.15, -0.1) is 0 Å². The van der Waals surface area contributed by atoms with Gasteiger partial charge in [-0.2, -0.15) is 0 Å². The van der Waals surface area contributed by atoms with Crippen LogP contribution in [0.1, 0.15) is 29.3 Å². The number of amides is 1. The van der Waals surface area contributed by atoms with Crippen molar-refractivity contribution in [3.05, 3.63) is 48.0 Å². The molecule has 1 aromatic heterocycles. The molecule has 0 atom stereocenters. The molecule has 0 aliphatic rings. The van der Waals surface area contributed by atoms with Crippen LogP contribution in [0, 0.1) is 6.92 Å². The summed E-state index contributed by atoms with van der Waals surface area (Å²) in [4.78, 5) is 19.8. The van der Waals surface area contributed by atoms with Crippen molar-refractivity contribution in [3.63, 3.8) is 0 Å². The molecule has 2 N–H and O–H groups in total. The number of benzene rings is 1. The molecule has 1 amide bonds. The van der Waals surface area contributed by atoms with Gasteiger partial charge in [0.05, 0.1) is 18.1 Å². The molecule has 5 nitrogen and oxygen atoms in total. The van der Waals surface area contributed by atoms with Gasteiger partial charge < -0.3 is 10.6 Å². The first-order valence-electron chi connectivity index (χ1n) is 6.61. The summed E-state index contributed by atoms with van der Waals surface area (Å²) in [6, 6.07) is 5.61. The number of aromatic nitrogens is 2. The summed E-state index contributed by atoms with van der Waals surface area (Å²) in [6.45, 7) is 5.03. The Kier molecular flexibility index (Phi) is 4.65. The fourth-order valence-electron chi connectivity index (χ4n) is 1.83. The number of anilines is 2. The Labute approximate surface area is 118 Å². The minimum absolute atomic E-state index is 0.162. The Balaban J connectivity index is 2.09. The van der Waals surface area contributed by atoms with Gasteiger partial charge in [0.25, 0.3) is 5.91 Å². The van der Waals surface area contributed by atoms with Crippen LogP contribution in [0.2, 0.25) is 0 Å². The maximum absolute atomic E-state index is 12.1. The third-order valence-corrected chi connectivity index (χ3v) is 2.87. The van der Waals surface area contributed by atoms with Gasteiger partial charge in [0.1, 0.15) is 6.33 Å². The number of nitrogens with one attached hydrogen (secondary N) is 2. The van der Waals surface area contributed by atoms with Gasteiger partial charge in [0.15, 0.2) is 0 Å². The zero-order valence-corrected chi connectivity index (χ0v) is 11.7.